The average Bonchev–Trinajstić information content (AvgIpc) is 3.31. The zero-order valence-electron chi connectivity index (χ0n) is 21.0. The molecule has 0 saturated carbocycles. The number of benzene rings is 1. The largest absolute Gasteiger partial charge is 0.494 e. The van der Waals surface area contributed by atoms with Crippen LogP contribution in [0.25, 0.3) is 17.2 Å². The van der Waals surface area contributed by atoms with Gasteiger partial charge in [-0.2, -0.15) is 0 Å². The lowest BCUT2D eigenvalue weighted by molar-refractivity contribution is 0.391. The maximum absolute atomic E-state index is 13.4. The number of anilines is 1. The molecule has 194 valence electrons. The maximum atomic E-state index is 13.4. The molecule has 0 fully saturated rings. The highest BCUT2D eigenvalue weighted by Gasteiger charge is 2.29. The van der Waals surface area contributed by atoms with Crippen LogP contribution in [0.15, 0.2) is 48.8 Å². The summed E-state index contributed by atoms with van der Waals surface area (Å²) in [5.41, 5.74) is 1.67. The number of aromatic nitrogens is 6. The van der Waals surface area contributed by atoms with Gasteiger partial charge in [0.2, 0.25) is 21.9 Å². The van der Waals surface area contributed by atoms with Crippen molar-refractivity contribution in [2.75, 3.05) is 26.1 Å². The lowest BCUT2D eigenvalue weighted by Gasteiger charge is -2.19. The summed E-state index contributed by atoms with van der Waals surface area (Å²) in [4.78, 5) is 12.9. The Morgan fingerprint density at radius 3 is 2.22 bits per heavy atom. The number of nitrogens with one attached hydrogen (secondary N) is 1. The molecule has 0 saturated heterocycles. The van der Waals surface area contributed by atoms with Gasteiger partial charge in [-0.3, -0.25) is 9.29 Å². The number of sulfonamides is 1. The van der Waals surface area contributed by atoms with Crippen LogP contribution in [0, 0.1) is 6.92 Å². The van der Waals surface area contributed by atoms with Gasteiger partial charge in [0.1, 0.15) is 28.7 Å². The van der Waals surface area contributed by atoms with Crippen molar-refractivity contribution in [3.8, 4) is 34.6 Å². The van der Waals surface area contributed by atoms with E-state index in [-0.39, 0.29) is 18.2 Å². The van der Waals surface area contributed by atoms with Gasteiger partial charge in [0.25, 0.3) is 0 Å². The summed E-state index contributed by atoms with van der Waals surface area (Å²) in [6.45, 7) is 3.43. The quantitative estimate of drug-likeness (QED) is 0.328. The summed E-state index contributed by atoms with van der Waals surface area (Å²) in [5.74, 6) is 1.76. The van der Waals surface area contributed by atoms with E-state index < -0.39 is 15.3 Å². The summed E-state index contributed by atoms with van der Waals surface area (Å²) in [6, 6.07) is 10.3. The van der Waals surface area contributed by atoms with Gasteiger partial charge in [0.05, 0.1) is 26.6 Å². The van der Waals surface area contributed by atoms with E-state index >= 15 is 0 Å². The Kier molecular flexibility index (Phi) is 7.53. The van der Waals surface area contributed by atoms with Gasteiger partial charge in [-0.15, -0.1) is 10.2 Å². The van der Waals surface area contributed by atoms with Gasteiger partial charge in [-0.1, -0.05) is 12.1 Å². The van der Waals surface area contributed by atoms with E-state index in [1.165, 1.54) is 25.9 Å². The fourth-order valence-electron chi connectivity index (χ4n) is 3.55. The summed E-state index contributed by atoms with van der Waals surface area (Å²) >= 11 is 0. The van der Waals surface area contributed by atoms with Crippen LogP contribution in [0.3, 0.4) is 0 Å². The molecule has 0 unspecified atom stereocenters. The smallest absolute Gasteiger partial charge is 0.243 e. The van der Waals surface area contributed by atoms with Crippen molar-refractivity contribution >= 4 is 16.0 Å². The molecule has 0 bridgehead atoms. The minimum Gasteiger partial charge on any atom is -0.494 e. The Morgan fingerprint density at radius 1 is 0.946 bits per heavy atom. The van der Waals surface area contributed by atoms with Gasteiger partial charge in [-0.05, 0) is 37.6 Å². The van der Waals surface area contributed by atoms with Crippen molar-refractivity contribution < 1.29 is 22.6 Å². The molecular weight excluding hydrogens is 498 g/mol. The van der Waals surface area contributed by atoms with Crippen molar-refractivity contribution in [2.24, 2.45) is 0 Å². The zero-order chi connectivity index (χ0) is 26.6. The lowest BCUT2D eigenvalue weighted by atomic mass is 10.2. The molecule has 3 aromatic heterocycles. The van der Waals surface area contributed by atoms with Crippen molar-refractivity contribution in [3.63, 3.8) is 0 Å². The number of hydrogen-bond donors (Lipinski definition) is 1. The van der Waals surface area contributed by atoms with E-state index in [1.807, 2.05) is 6.92 Å². The van der Waals surface area contributed by atoms with E-state index in [0.717, 1.165) is 5.56 Å². The molecule has 0 aliphatic rings. The number of aryl methyl sites for hydroxylation is 1. The van der Waals surface area contributed by atoms with Crippen LogP contribution in [-0.2, 0) is 16.4 Å². The second kappa shape index (κ2) is 10.8. The van der Waals surface area contributed by atoms with Crippen molar-refractivity contribution in [2.45, 2.75) is 25.5 Å². The van der Waals surface area contributed by atoms with Gasteiger partial charge in [0, 0.05) is 24.9 Å². The first kappa shape index (κ1) is 25.8. The molecule has 4 aromatic rings. The molecule has 37 heavy (non-hydrogen) atoms. The SMILES string of the molecule is COc1cccc(-c2nnc(NS(=O)(=O)[C@@H](C)Cc3ncc(C)cn3)n2-c2c(OC)cccc2OC)n1. The van der Waals surface area contributed by atoms with Crippen LogP contribution in [-0.4, -0.2) is 64.7 Å². The second-order valence-electron chi connectivity index (χ2n) is 8.10. The number of methoxy groups -OCH3 is 3. The fourth-order valence-corrected chi connectivity index (χ4v) is 4.51. The summed E-state index contributed by atoms with van der Waals surface area (Å²) < 4.78 is 47.2. The van der Waals surface area contributed by atoms with Gasteiger partial charge < -0.3 is 14.2 Å². The van der Waals surface area contributed by atoms with Crippen molar-refractivity contribution in [1.29, 1.82) is 0 Å². The molecule has 0 radical (unpaired) electrons. The Bertz CT molecular complexity index is 1470. The average molecular weight is 526 g/mol. The monoisotopic (exact) mass is 525 g/mol. The molecule has 12 nitrogen and oxygen atoms in total. The molecule has 0 amide bonds. The highest BCUT2D eigenvalue weighted by molar-refractivity contribution is 7.93. The van der Waals surface area contributed by atoms with Gasteiger partial charge in [-0.25, -0.2) is 23.4 Å². The van der Waals surface area contributed by atoms with Crippen LogP contribution in [0.5, 0.6) is 17.4 Å². The number of pyridine rings is 1. The van der Waals surface area contributed by atoms with E-state index in [1.54, 1.807) is 55.7 Å². The predicted octanol–water partition coefficient (Wildman–Crippen LogP) is 2.83. The molecule has 13 heteroatoms. The molecule has 4 rings (SSSR count). The fraction of sp³-hybridized carbons (Fsp3) is 0.292. The molecule has 3 heterocycles. The third-order valence-electron chi connectivity index (χ3n) is 5.52. The summed E-state index contributed by atoms with van der Waals surface area (Å²) in [5, 5.41) is 7.54. The topological polar surface area (TPSA) is 143 Å². The zero-order valence-corrected chi connectivity index (χ0v) is 21.9. The summed E-state index contributed by atoms with van der Waals surface area (Å²) in [7, 11) is 0.545. The van der Waals surface area contributed by atoms with Crippen LogP contribution in [0.1, 0.15) is 18.3 Å². The standard InChI is InChI=1S/C24H27N7O5S/c1-15-13-25-20(26-14-15)12-16(2)37(32,33)30-24-29-28-23(17-8-6-11-21(27-17)36-5)31(24)22-18(34-3)9-7-10-19(22)35-4/h6-11,13-14,16H,12H2,1-5H3,(H,29,30)/t16-/m0/s1. The molecule has 0 aliphatic heterocycles. The first-order chi connectivity index (χ1) is 17.8. The number of nitrogens with zero attached hydrogens (tertiary/aromatic N) is 6. The van der Waals surface area contributed by atoms with E-state index in [0.29, 0.717) is 34.6 Å². The van der Waals surface area contributed by atoms with E-state index in [9.17, 15) is 8.42 Å². The Labute approximate surface area is 214 Å². The normalized spacial score (nSPS) is 12.1. The Hall–Kier alpha value is -4.26. The number of ether oxygens (including phenoxy) is 3. The molecule has 0 spiro atoms. The van der Waals surface area contributed by atoms with Crippen LogP contribution < -0.4 is 18.9 Å². The van der Waals surface area contributed by atoms with Gasteiger partial charge >= 0.3 is 0 Å². The van der Waals surface area contributed by atoms with E-state index in [4.69, 9.17) is 14.2 Å². The van der Waals surface area contributed by atoms with Crippen molar-refractivity contribution in [1.82, 2.24) is 29.7 Å². The molecule has 0 aliphatic carbocycles. The van der Waals surface area contributed by atoms with Crippen LogP contribution in [0.4, 0.5) is 5.95 Å². The van der Waals surface area contributed by atoms with Crippen molar-refractivity contribution in [3.05, 3.63) is 60.2 Å². The minimum absolute atomic E-state index is 0.0703. The Morgan fingerprint density at radius 2 is 1.59 bits per heavy atom. The summed E-state index contributed by atoms with van der Waals surface area (Å²) in [6.07, 6.45) is 3.40. The molecular formula is C24H27N7O5S. The maximum Gasteiger partial charge on any atom is 0.243 e. The highest BCUT2D eigenvalue weighted by atomic mass is 32.2. The minimum atomic E-state index is -3.95. The van der Waals surface area contributed by atoms with E-state index in [2.05, 4.69) is 29.9 Å². The first-order valence-corrected chi connectivity index (χ1v) is 12.8. The second-order valence-corrected chi connectivity index (χ2v) is 10.2. The molecule has 1 aromatic carbocycles. The Balaban J connectivity index is 1.82. The molecule has 1 atom stereocenters. The third-order valence-corrected chi connectivity index (χ3v) is 7.21. The number of rotatable bonds is 10. The van der Waals surface area contributed by atoms with Gasteiger partial charge in [0.15, 0.2) is 5.82 Å². The van der Waals surface area contributed by atoms with Crippen LogP contribution in [0.2, 0.25) is 0 Å². The number of para-hydroxylation sites is 1. The highest BCUT2D eigenvalue weighted by Crippen LogP contribution is 2.37. The predicted molar refractivity (Wildman–Crippen MR) is 137 cm³/mol. The first-order valence-electron chi connectivity index (χ1n) is 11.2. The molecule has 1 N–H and O–H groups in total. The van der Waals surface area contributed by atoms with Crippen LogP contribution >= 0.6 is 0 Å². The third kappa shape index (κ3) is 5.45. The lowest BCUT2D eigenvalue weighted by Crippen LogP contribution is -2.29. The number of hydrogen-bond acceptors (Lipinski definition) is 10.